The molecule has 1 saturated heterocycles. The lowest BCUT2D eigenvalue weighted by Gasteiger charge is -2.30. The van der Waals surface area contributed by atoms with Crippen molar-refractivity contribution in [2.24, 2.45) is 0 Å². The summed E-state index contributed by atoms with van der Waals surface area (Å²) >= 11 is 0. The summed E-state index contributed by atoms with van der Waals surface area (Å²) in [7, 11) is 0. The predicted octanol–water partition coefficient (Wildman–Crippen LogP) is 3.31. The van der Waals surface area contributed by atoms with Gasteiger partial charge in [0.25, 0.3) is 5.91 Å². The molecule has 2 aromatic carbocycles. The first kappa shape index (κ1) is 17.5. The minimum atomic E-state index is -0.0696. The van der Waals surface area contributed by atoms with Crippen molar-refractivity contribution in [2.75, 3.05) is 31.2 Å². The average Bonchev–Trinajstić information content (AvgIpc) is 2.72. The van der Waals surface area contributed by atoms with Crippen molar-refractivity contribution in [3.63, 3.8) is 0 Å². The van der Waals surface area contributed by atoms with E-state index in [9.17, 15) is 4.79 Å². The van der Waals surface area contributed by atoms with Gasteiger partial charge in [-0.2, -0.15) is 0 Å². The molecular weight excluding hydrogens is 338 g/mol. The van der Waals surface area contributed by atoms with Crippen molar-refractivity contribution in [3.8, 4) is 0 Å². The molecular formula is C22H23N3O2. The van der Waals surface area contributed by atoms with Crippen LogP contribution in [0.4, 0.5) is 5.69 Å². The van der Waals surface area contributed by atoms with Crippen molar-refractivity contribution in [2.45, 2.75) is 13.5 Å². The van der Waals surface area contributed by atoms with Gasteiger partial charge in [-0.15, -0.1) is 0 Å². The largest absolute Gasteiger partial charge is 0.378 e. The van der Waals surface area contributed by atoms with Crippen LogP contribution in [0, 0.1) is 6.92 Å². The van der Waals surface area contributed by atoms with E-state index in [1.54, 1.807) is 0 Å². The number of carbonyl (C=O) groups excluding carboxylic acids is 1. The molecule has 1 N–H and O–H groups in total. The first-order valence-electron chi connectivity index (χ1n) is 9.26. The van der Waals surface area contributed by atoms with Crippen LogP contribution in [0.5, 0.6) is 0 Å². The van der Waals surface area contributed by atoms with E-state index in [0.29, 0.717) is 12.1 Å². The second-order valence-corrected chi connectivity index (χ2v) is 6.82. The highest BCUT2D eigenvalue weighted by atomic mass is 16.5. The minimum absolute atomic E-state index is 0.0696. The van der Waals surface area contributed by atoms with Crippen LogP contribution in [-0.2, 0) is 11.3 Å². The third-order valence-electron chi connectivity index (χ3n) is 4.91. The van der Waals surface area contributed by atoms with Crippen LogP contribution in [0.25, 0.3) is 10.9 Å². The number of aryl methyl sites for hydroxylation is 1. The number of benzene rings is 2. The van der Waals surface area contributed by atoms with Crippen molar-refractivity contribution in [1.82, 2.24) is 10.3 Å². The highest BCUT2D eigenvalue weighted by molar-refractivity contribution is 5.95. The van der Waals surface area contributed by atoms with Crippen LogP contribution in [0.2, 0.25) is 0 Å². The number of hydrogen-bond acceptors (Lipinski definition) is 4. The van der Waals surface area contributed by atoms with Crippen LogP contribution in [-0.4, -0.2) is 37.2 Å². The molecule has 5 nitrogen and oxygen atoms in total. The summed E-state index contributed by atoms with van der Waals surface area (Å²) < 4.78 is 5.41. The second kappa shape index (κ2) is 7.76. The lowest BCUT2D eigenvalue weighted by molar-refractivity contribution is 0.0950. The third-order valence-corrected chi connectivity index (χ3v) is 4.91. The standard InChI is InChI=1S/C22H23N3O2/c1-16-12-19(6-7-21(16)25-8-10-27-11-9-25)22(26)24-15-17-13-18-4-2-3-5-20(18)23-14-17/h2-7,12-14H,8-11,15H2,1H3,(H,24,26). The smallest absolute Gasteiger partial charge is 0.251 e. The van der Waals surface area contributed by atoms with E-state index in [1.807, 2.05) is 48.7 Å². The molecule has 1 amide bonds. The molecule has 0 atom stereocenters. The topological polar surface area (TPSA) is 54.5 Å². The van der Waals surface area contributed by atoms with Gasteiger partial charge >= 0.3 is 0 Å². The number of carbonyl (C=O) groups is 1. The summed E-state index contributed by atoms with van der Waals surface area (Å²) in [6, 6.07) is 15.9. The second-order valence-electron chi connectivity index (χ2n) is 6.82. The number of nitrogens with zero attached hydrogens (tertiary/aromatic N) is 2. The van der Waals surface area contributed by atoms with E-state index in [-0.39, 0.29) is 5.91 Å². The fourth-order valence-electron chi connectivity index (χ4n) is 3.45. The molecule has 0 radical (unpaired) electrons. The van der Waals surface area contributed by atoms with Crippen LogP contribution in [0.3, 0.4) is 0 Å². The number of rotatable bonds is 4. The maximum atomic E-state index is 12.6. The van der Waals surface area contributed by atoms with Crippen molar-refractivity contribution < 1.29 is 9.53 Å². The van der Waals surface area contributed by atoms with Crippen molar-refractivity contribution in [3.05, 3.63) is 71.4 Å². The first-order chi connectivity index (χ1) is 13.2. The van der Waals surface area contributed by atoms with E-state index in [2.05, 4.69) is 28.2 Å². The normalized spacial score (nSPS) is 14.3. The molecule has 5 heteroatoms. The van der Waals surface area contributed by atoms with E-state index < -0.39 is 0 Å². The van der Waals surface area contributed by atoms with Crippen molar-refractivity contribution >= 4 is 22.5 Å². The van der Waals surface area contributed by atoms with E-state index >= 15 is 0 Å². The number of aromatic nitrogens is 1. The Balaban J connectivity index is 1.43. The summed E-state index contributed by atoms with van der Waals surface area (Å²) in [4.78, 5) is 19.3. The van der Waals surface area contributed by atoms with Crippen LogP contribution >= 0.6 is 0 Å². The summed E-state index contributed by atoms with van der Waals surface area (Å²) in [5.41, 5.74) is 4.91. The molecule has 0 saturated carbocycles. The fourth-order valence-corrected chi connectivity index (χ4v) is 3.45. The Bertz CT molecular complexity index is 965. The van der Waals surface area contributed by atoms with Crippen LogP contribution < -0.4 is 10.2 Å². The predicted molar refractivity (Wildman–Crippen MR) is 107 cm³/mol. The molecule has 2 heterocycles. The highest BCUT2D eigenvalue weighted by Crippen LogP contribution is 2.22. The number of pyridine rings is 1. The molecule has 4 rings (SSSR count). The van der Waals surface area contributed by atoms with Gasteiger partial charge in [0.1, 0.15) is 0 Å². The van der Waals surface area contributed by atoms with Gasteiger partial charge in [-0.25, -0.2) is 0 Å². The average molecular weight is 361 g/mol. The Morgan fingerprint density at radius 3 is 2.78 bits per heavy atom. The van der Waals surface area contributed by atoms with Gasteiger partial charge in [-0.1, -0.05) is 18.2 Å². The van der Waals surface area contributed by atoms with Gasteiger partial charge in [0, 0.05) is 42.5 Å². The van der Waals surface area contributed by atoms with Crippen LogP contribution in [0.15, 0.2) is 54.7 Å². The highest BCUT2D eigenvalue weighted by Gasteiger charge is 2.15. The third kappa shape index (κ3) is 3.93. The molecule has 138 valence electrons. The molecule has 27 heavy (non-hydrogen) atoms. The molecule has 0 aliphatic carbocycles. The first-order valence-corrected chi connectivity index (χ1v) is 9.26. The molecule has 0 bridgehead atoms. The quantitative estimate of drug-likeness (QED) is 0.775. The Hall–Kier alpha value is -2.92. The Kier molecular flexibility index (Phi) is 5.03. The molecule has 1 fully saturated rings. The number of anilines is 1. The number of hydrogen-bond donors (Lipinski definition) is 1. The molecule has 0 unspecified atom stereocenters. The fraction of sp³-hybridized carbons (Fsp3) is 0.273. The zero-order valence-electron chi connectivity index (χ0n) is 15.4. The number of morpholine rings is 1. The lowest BCUT2D eigenvalue weighted by Crippen LogP contribution is -2.36. The van der Waals surface area contributed by atoms with Gasteiger partial charge in [0.15, 0.2) is 0 Å². The molecule has 1 aromatic heterocycles. The van der Waals surface area contributed by atoms with Crippen LogP contribution in [0.1, 0.15) is 21.5 Å². The van der Waals surface area contributed by atoms with Crippen molar-refractivity contribution in [1.29, 1.82) is 0 Å². The Labute approximate surface area is 159 Å². The van der Waals surface area contributed by atoms with Gasteiger partial charge in [0.05, 0.1) is 18.7 Å². The number of ether oxygens (including phenoxy) is 1. The number of para-hydroxylation sites is 1. The van der Waals surface area contributed by atoms with Gasteiger partial charge in [-0.05, 0) is 48.4 Å². The van der Waals surface area contributed by atoms with Gasteiger partial charge in [-0.3, -0.25) is 9.78 Å². The van der Waals surface area contributed by atoms with E-state index in [1.165, 1.54) is 5.69 Å². The number of nitrogens with one attached hydrogen (secondary N) is 1. The summed E-state index contributed by atoms with van der Waals surface area (Å²) in [6.07, 6.45) is 1.81. The maximum absolute atomic E-state index is 12.6. The zero-order valence-corrected chi connectivity index (χ0v) is 15.4. The molecule has 1 aliphatic heterocycles. The Morgan fingerprint density at radius 1 is 1.15 bits per heavy atom. The Morgan fingerprint density at radius 2 is 1.96 bits per heavy atom. The summed E-state index contributed by atoms with van der Waals surface area (Å²) in [5, 5.41) is 4.07. The summed E-state index contributed by atoms with van der Waals surface area (Å²) in [5.74, 6) is -0.0696. The number of amides is 1. The zero-order chi connectivity index (χ0) is 18.6. The minimum Gasteiger partial charge on any atom is -0.378 e. The SMILES string of the molecule is Cc1cc(C(=O)NCc2cnc3ccccc3c2)ccc1N1CCOCC1. The lowest BCUT2D eigenvalue weighted by atomic mass is 10.1. The monoisotopic (exact) mass is 361 g/mol. The molecule has 1 aliphatic rings. The van der Waals surface area contributed by atoms with Gasteiger partial charge < -0.3 is 15.0 Å². The molecule has 3 aromatic rings. The molecule has 0 spiro atoms. The van der Waals surface area contributed by atoms with Gasteiger partial charge in [0.2, 0.25) is 0 Å². The van der Waals surface area contributed by atoms with E-state index in [0.717, 1.165) is 48.3 Å². The maximum Gasteiger partial charge on any atom is 0.251 e. The van der Waals surface area contributed by atoms with E-state index in [4.69, 9.17) is 4.74 Å². The summed E-state index contributed by atoms with van der Waals surface area (Å²) in [6.45, 7) is 5.79. The number of fused-ring (bicyclic) bond motifs is 1.